The molecule has 0 N–H and O–H groups in total. The number of hydrogen-bond donors (Lipinski definition) is 0. The van der Waals surface area contributed by atoms with E-state index in [9.17, 15) is 4.79 Å². The zero-order chi connectivity index (χ0) is 9.10. The van der Waals surface area contributed by atoms with Gasteiger partial charge in [-0.05, 0) is 24.3 Å². The van der Waals surface area contributed by atoms with Crippen molar-refractivity contribution in [3.63, 3.8) is 0 Å². The highest BCUT2D eigenvalue weighted by molar-refractivity contribution is 7.09. The van der Waals surface area contributed by atoms with Gasteiger partial charge in [-0.3, -0.25) is 4.79 Å². The van der Waals surface area contributed by atoms with E-state index in [1.165, 1.54) is 6.42 Å². The van der Waals surface area contributed by atoms with E-state index in [0.717, 1.165) is 17.7 Å². The minimum absolute atomic E-state index is 0.0142. The predicted molar refractivity (Wildman–Crippen MR) is 51.5 cm³/mol. The quantitative estimate of drug-likeness (QED) is 0.694. The van der Waals surface area contributed by atoms with Crippen LogP contribution in [0.3, 0.4) is 0 Å². The van der Waals surface area contributed by atoms with E-state index < -0.39 is 0 Å². The average molecular weight is 196 g/mol. The molecule has 1 aromatic heterocycles. The largest absolute Gasteiger partial charge is 0.460 e. The summed E-state index contributed by atoms with van der Waals surface area (Å²) in [7, 11) is 0. The number of carbonyl (C=O) groups is 1. The van der Waals surface area contributed by atoms with Gasteiger partial charge in [-0.25, -0.2) is 0 Å². The molecule has 1 aliphatic carbocycles. The summed E-state index contributed by atoms with van der Waals surface area (Å²) in [5.41, 5.74) is 0. The van der Waals surface area contributed by atoms with Gasteiger partial charge >= 0.3 is 5.97 Å². The second-order valence-electron chi connectivity index (χ2n) is 3.31. The fraction of sp³-hybridized carbons (Fsp3) is 0.500. The fourth-order valence-electron chi connectivity index (χ4n) is 1.30. The molecule has 0 radical (unpaired) electrons. The lowest BCUT2D eigenvalue weighted by atomic mass is 9.86. The second-order valence-corrected chi connectivity index (χ2v) is 4.35. The average Bonchev–Trinajstić information content (AvgIpc) is 2.49. The molecule has 2 rings (SSSR count). The minimum atomic E-state index is -0.0142. The summed E-state index contributed by atoms with van der Waals surface area (Å²) in [5, 5.41) is 1.99. The third-order valence-corrected chi connectivity index (χ3v) is 3.23. The van der Waals surface area contributed by atoms with E-state index >= 15 is 0 Å². The van der Waals surface area contributed by atoms with Gasteiger partial charge in [0.1, 0.15) is 6.61 Å². The van der Waals surface area contributed by atoms with Crippen LogP contribution in [0.5, 0.6) is 0 Å². The molecule has 0 saturated heterocycles. The minimum Gasteiger partial charge on any atom is -0.460 e. The number of ether oxygens (including phenoxy) is 1. The molecule has 1 aliphatic rings. The first kappa shape index (κ1) is 8.75. The van der Waals surface area contributed by atoms with Crippen LogP contribution in [0.2, 0.25) is 0 Å². The maximum Gasteiger partial charge on any atom is 0.309 e. The van der Waals surface area contributed by atoms with Crippen molar-refractivity contribution in [2.75, 3.05) is 0 Å². The van der Waals surface area contributed by atoms with E-state index in [-0.39, 0.29) is 11.9 Å². The topological polar surface area (TPSA) is 26.3 Å². The van der Waals surface area contributed by atoms with Gasteiger partial charge < -0.3 is 4.74 Å². The van der Waals surface area contributed by atoms with Crippen LogP contribution in [0.25, 0.3) is 0 Å². The van der Waals surface area contributed by atoms with Crippen molar-refractivity contribution in [3.05, 3.63) is 22.4 Å². The van der Waals surface area contributed by atoms with Crippen molar-refractivity contribution < 1.29 is 9.53 Å². The maximum absolute atomic E-state index is 11.3. The molecule has 0 atom stereocenters. The van der Waals surface area contributed by atoms with Gasteiger partial charge in [0.25, 0.3) is 0 Å². The van der Waals surface area contributed by atoms with Crippen LogP contribution < -0.4 is 0 Å². The van der Waals surface area contributed by atoms with Gasteiger partial charge in [-0.15, -0.1) is 11.3 Å². The number of thiophene rings is 1. The smallest absolute Gasteiger partial charge is 0.309 e. The van der Waals surface area contributed by atoms with Crippen LogP contribution >= 0.6 is 11.3 Å². The van der Waals surface area contributed by atoms with Crippen molar-refractivity contribution >= 4 is 17.3 Å². The molecule has 1 fully saturated rings. The van der Waals surface area contributed by atoms with Crippen LogP contribution in [0.1, 0.15) is 24.1 Å². The van der Waals surface area contributed by atoms with E-state index in [1.54, 1.807) is 11.3 Å². The Labute approximate surface area is 81.5 Å². The number of rotatable bonds is 3. The zero-order valence-electron chi connectivity index (χ0n) is 7.36. The maximum atomic E-state index is 11.3. The molecule has 1 aromatic rings. The standard InChI is InChI=1S/C10H12O2S/c11-10(8-3-1-4-8)12-7-9-5-2-6-13-9/h2,5-6,8H,1,3-4,7H2. The third-order valence-electron chi connectivity index (χ3n) is 2.38. The highest BCUT2D eigenvalue weighted by Gasteiger charge is 2.26. The molecule has 70 valence electrons. The van der Waals surface area contributed by atoms with E-state index in [0.29, 0.717) is 6.61 Å². The molecule has 3 heteroatoms. The summed E-state index contributed by atoms with van der Waals surface area (Å²) in [6.45, 7) is 0.451. The van der Waals surface area contributed by atoms with Crippen LogP contribution in [0.4, 0.5) is 0 Å². The van der Waals surface area contributed by atoms with Gasteiger partial charge in [0, 0.05) is 4.88 Å². The molecule has 0 bridgehead atoms. The van der Waals surface area contributed by atoms with E-state index in [1.807, 2.05) is 17.5 Å². The van der Waals surface area contributed by atoms with Crippen LogP contribution in [0.15, 0.2) is 17.5 Å². The first-order chi connectivity index (χ1) is 6.36. The summed E-state index contributed by atoms with van der Waals surface area (Å²) >= 11 is 1.63. The molecule has 0 amide bonds. The Morgan fingerprint density at radius 1 is 1.62 bits per heavy atom. The van der Waals surface area contributed by atoms with Crippen molar-refractivity contribution in [1.29, 1.82) is 0 Å². The zero-order valence-corrected chi connectivity index (χ0v) is 8.18. The summed E-state index contributed by atoms with van der Waals surface area (Å²) < 4.78 is 5.16. The third kappa shape index (κ3) is 2.10. The Hall–Kier alpha value is -0.830. The highest BCUT2D eigenvalue weighted by atomic mass is 32.1. The Balaban J connectivity index is 1.76. The molecule has 1 heterocycles. The summed E-state index contributed by atoms with van der Waals surface area (Å²) in [6, 6.07) is 3.95. The van der Waals surface area contributed by atoms with Gasteiger partial charge in [0.15, 0.2) is 0 Å². The van der Waals surface area contributed by atoms with Crippen molar-refractivity contribution in [1.82, 2.24) is 0 Å². The molecule has 2 nitrogen and oxygen atoms in total. The fourth-order valence-corrected chi connectivity index (χ4v) is 1.91. The first-order valence-electron chi connectivity index (χ1n) is 4.55. The lowest BCUT2D eigenvalue weighted by Crippen LogP contribution is -2.23. The van der Waals surface area contributed by atoms with Crippen molar-refractivity contribution in [2.45, 2.75) is 25.9 Å². The lowest BCUT2D eigenvalue weighted by Gasteiger charge is -2.22. The number of esters is 1. The van der Waals surface area contributed by atoms with E-state index in [4.69, 9.17) is 4.74 Å². The molecular weight excluding hydrogens is 184 g/mol. The normalized spacial score (nSPS) is 16.6. The van der Waals surface area contributed by atoms with Gasteiger partial charge in [0.2, 0.25) is 0 Å². The Morgan fingerprint density at radius 3 is 3.00 bits per heavy atom. The molecule has 0 aliphatic heterocycles. The van der Waals surface area contributed by atoms with Gasteiger partial charge in [-0.1, -0.05) is 12.5 Å². The second kappa shape index (κ2) is 3.92. The Morgan fingerprint density at radius 2 is 2.46 bits per heavy atom. The van der Waals surface area contributed by atoms with Crippen molar-refractivity contribution in [3.8, 4) is 0 Å². The van der Waals surface area contributed by atoms with Crippen molar-refractivity contribution in [2.24, 2.45) is 5.92 Å². The molecular formula is C10H12O2S. The Kier molecular flexibility index (Phi) is 2.64. The molecule has 1 saturated carbocycles. The van der Waals surface area contributed by atoms with Crippen LogP contribution in [0, 0.1) is 5.92 Å². The highest BCUT2D eigenvalue weighted by Crippen LogP contribution is 2.27. The lowest BCUT2D eigenvalue weighted by molar-refractivity contribution is -0.152. The van der Waals surface area contributed by atoms with Gasteiger partial charge in [-0.2, -0.15) is 0 Å². The molecule has 13 heavy (non-hydrogen) atoms. The summed E-state index contributed by atoms with van der Waals surface area (Å²) in [6.07, 6.45) is 3.21. The molecule has 0 spiro atoms. The monoisotopic (exact) mass is 196 g/mol. The SMILES string of the molecule is O=C(OCc1cccs1)C1CCC1. The molecule has 0 aromatic carbocycles. The number of hydrogen-bond acceptors (Lipinski definition) is 3. The van der Waals surface area contributed by atoms with Gasteiger partial charge in [0.05, 0.1) is 5.92 Å². The Bertz CT molecular complexity index is 275. The summed E-state index contributed by atoms with van der Waals surface area (Å²) in [5.74, 6) is 0.180. The molecule has 0 unspecified atom stereocenters. The van der Waals surface area contributed by atoms with Crippen LogP contribution in [-0.2, 0) is 16.1 Å². The predicted octanol–water partition coefficient (Wildman–Crippen LogP) is 2.59. The summed E-state index contributed by atoms with van der Waals surface area (Å²) in [4.78, 5) is 12.4. The van der Waals surface area contributed by atoms with E-state index in [2.05, 4.69) is 0 Å². The van der Waals surface area contributed by atoms with Crippen LogP contribution in [-0.4, -0.2) is 5.97 Å². The number of carbonyl (C=O) groups excluding carboxylic acids is 1. The first-order valence-corrected chi connectivity index (χ1v) is 5.43.